The van der Waals surface area contributed by atoms with Crippen LogP contribution >= 0.6 is 0 Å². The summed E-state index contributed by atoms with van der Waals surface area (Å²) in [4.78, 5) is 20.7. The fourth-order valence-corrected chi connectivity index (χ4v) is 1.98. The molecule has 118 valence electrons. The summed E-state index contributed by atoms with van der Waals surface area (Å²) < 4.78 is 0. The van der Waals surface area contributed by atoms with Crippen LogP contribution in [0.2, 0.25) is 0 Å². The number of benzene rings is 1. The van der Waals surface area contributed by atoms with Crippen LogP contribution in [0.4, 0.5) is 11.5 Å². The summed E-state index contributed by atoms with van der Waals surface area (Å²) >= 11 is 0. The monoisotopic (exact) mass is 309 g/mol. The molecule has 0 radical (unpaired) electrons. The molecular formula is C17H19N5O. The van der Waals surface area contributed by atoms with E-state index in [0.717, 1.165) is 0 Å². The SMILES string of the molecule is Cc1nc(Nc2ccccc2C#N)cc(C(=O)NC(C)(C)C)n1. The van der Waals surface area contributed by atoms with E-state index in [1.807, 2.05) is 26.8 Å². The zero-order valence-electron chi connectivity index (χ0n) is 13.6. The van der Waals surface area contributed by atoms with Crippen molar-refractivity contribution >= 4 is 17.4 Å². The Labute approximate surface area is 135 Å². The maximum atomic E-state index is 12.3. The number of anilines is 2. The molecule has 1 heterocycles. The highest BCUT2D eigenvalue weighted by molar-refractivity contribution is 5.93. The molecule has 0 atom stereocenters. The fraction of sp³-hybridized carbons (Fsp3) is 0.294. The molecule has 0 aliphatic carbocycles. The average molecular weight is 309 g/mol. The molecule has 1 amide bonds. The molecule has 23 heavy (non-hydrogen) atoms. The van der Waals surface area contributed by atoms with Gasteiger partial charge in [0.2, 0.25) is 0 Å². The van der Waals surface area contributed by atoms with Gasteiger partial charge < -0.3 is 10.6 Å². The number of rotatable bonds is 3. The second-order valence-electron chi connectivity index (χ2n) is 6.17. The number of para-hydroxylation sites is 1. The Balaban J connectivity index is 2.31. The van der Waals surface area contributed by atoms with Crippen molar-refractivity contribution in [3.8, 4) is 6.07 Å². The van der Waals surface area contributed by atoms with Gasteiger partial charge in [-0.2, -0.15) is 5.26 Å². The minimum absolute atomic E-state index is 0.264. The second kappa shape index (κ2) is 6.44. The molecule has 0 aliphatic heterocycles. The molecule has 2 N–H and O–H groups in total. The molecule has 0 bridgehead atoms. The smallest absolute Gasteiger partial charge is 0.270 e. The standard InChI is InChI=1S/C17H19N5O/c1-11-19-14(16(23)22-17(2,3)4)9-15(20-11)21-13-8-6-5-7-12(13)10-18/h5-9H,1-4H3,(H,22,23)(H,19,20,21). The predicted molar refractivity (Wildman–Crippen MR) is 88.4 cm³/mol. The van der Waals surface area contributed by atoms with Gasteiger partial charge in [0.15, 0.2) is 0 Å². The highest BCUT2D eigenvalue weighted by atomic mass is 16.2. The Morgan fingerprint density at radius 2 is 1.91 bits per heavy atom. The number of nitrogens with zero attached hydrogens (tertiary/aromatic N) is 3. The van der Waals surface area contributed by atoms with Gasteiger partial charge in [-0.05, 0) is 39.8 Å². The summed E-state index contributed by atoms with van der Waals surface area (Å²) in [6.45, 7) is 7.43. The van der Waals surface area contributed by atoms with Gasteiger partial charge in [-0.3, -0.25) is 4.79 Å². The van der Waals surface area contributed by atoms with E-state index in [1.165, 1.54) is 0 Å². The van der Waals surface area contributed by atoms with Gasteiger partial charge in [-0.15, -0.1) is 0 Å². The lowest BCUT2D eigenvalue weighted by Crippen LogP contribution is -2.41. The lowest BCUT2D eigenvalue weighted by atomic mass is 10.1. The summed E-state index contributed by atoms with van der Waals surface area (Å²) in [5.74, 6) is 0.683. The van der Waals surface area contributed by atoms with E-state index in [4.69, 9.17) is 5.26 Å². The Morgan fingerprint density at radius 1 is 1.22 bits per heavy atom. The number of nitriles is 1. The molecule has 1 aromatic heterocycles. The summed E-state index contributed by atoms with van der Waals surface area (Å²) in [5, 5.41) is 15.1. The molecule has 0 spiro atoms. The van der Waals surface area contributed by atoms with Gasteiger partial charge in [0, 0.05) is 11.6 Å². The first-order valence-corrected chi connectivity index (χ1v) is 7.23. The lowest BCUT2D eigenvalue weighted by Gasteiger charge is -2.20. The van der Waals surface area contributed by atoms with Crippen molar-refractivity contribution in [3.05, 3.63) is 47.4 Å². The lowest BCUT2D eigenvalue weighted by molar-refractivity contribution is 0.0914. The third-order valence-electron chi connectivity index (χ3n) is 2.87. The van der Waals surface area contributed by atoms with Crippen LogP contribution in [0.1, 0.15) is 42.6 Å². The Morgan fingerprint density at radius 3 is 2.57 bits per heavy atom. The van der Waals surface area contributed by atoms with E-state index in [1.54, 1.807) is 31.2 Å². The number of carbonyl (C=O) groups excluding carboxylic acids is 1. The second-order valence-corrected chi connectivity index (χ2v) is 6.17. The molecule has 0 unspecified atom stereocenters. The van der Waals surface area contributed by atoms with Crippen LogP contribution in [0.3, 0.4) is 0 Å². The zero-order chi connectivity index (χ0) is 17.0. The molecule has 1 aromatic carbocycles. The highest BCUT2D eigenvalue weighted by Crippen LogP contribution is 2.19. The summed E-state index contributed by atoms with van der Waals surface area (Å²) in [6, 6.07) is 10.8. The van der Waals surface area contributed by atoms with Crippen molar-refractivity contribution < 1.29 is 4.79 Å². The number of aryl methyl sites for hydroxylation is 1. The topological polar surface area (TPSA) is 90.7 Å². The van der Waals surface area contributed by atoms with Crippen molar-refractivity contribution in [2.45, 2.75) is 33.2 Å². The molecule has 6 heteroatoms. The largest absolute Gasteiger partial charge is 0.346 e. The van der Waals surface area contributed by atoms with Gasteiger partial charge in [0.05, 0.1) is 11.3 Å². The fourth-order valence-electron chi connectivity index (χ4n) is 1.98. The normalized spacial score (nSPS) is 10.7. The predicted octanol–water partition coefficient (Wildman–Crippen LogP) is 2.93. The van der Waals surface area contributed by atoms with E-state index in [0.29, 0.717) is 22.9 Å². The van der Waals surface area contributed by atoms with E-state index < -0.39 is 0 Å². The van der Waals surface area contributed by atoms with Crippen molar-refractivity contribution in [2.75, 3.05) is 5.32 Å². The molecule has 6 nitrogen and oxygen atoms in total. The van der Waals surface area contributed by atoms with Crippen LogP contribution in [0.5, 0.6) is 0 Å². The number of amides is 1. The molecule has 0 saturated heterocycles. The van der Waals surface area contributed by atoms with Crippen molar-refractivity contribution in [2.24, 2.45) is 0 Å². The van der Waals surface area contributed by atoms with Crippen LogP contribution in [0.15, 0.2) is 30.3 Å². The Hall–Kier alpha value is -2.94. The quantitative estimate of drug-likeness (QED) is 0.909. The van der Waals surface area contributed by atoms with Crippen LogP contribution in [0, 0.1) is 18.3 Å². The molecule has 2 aromatic rings. The first kappa shape index (κ1) is 16.4. The van der Waals surface area contributed by atoms with Crippen LogP contribution in [-0.4, -0.2) is 21.4 Å². The molecule has 0 aliphatic rings. The van der Waals surface area contributed by atoms with E-state index in [-0.39, 0.29) is 17.1 Å². The van der Waals surface area contributed by atoms with Crippen molar-refractivity contribution in [3.63, 3.8) is 0 Å². The number of nitrogens with one attached hydrogen (secondary N) is 2. The highest BCUT2D eigenvalue weighted by Gasteiger charge is 2.17. The molecule has 2 rings (SSSR count). The number of hydrogen-bond donors (Lipinski definition) is 2. The van der Waals surface area contributed by atoms with Crippen molar-refractivity contribution in [1.82, 2.24) is 15.3 Å². The van der Waals surface area contributed by atoms with E-state index in [9.17, 15) is 4.79 Å². The third-order valence-corrected chi connectivity index (χ3v) is 2.87. The Kier molecular flexibility index (Phi) is 4.60. The molecule has 0 fully saturated rings. The summed E-state index contributed by atoms with van der Waals surface area (Å²) in [7, 11) is 0. The molecular weight excluding hydrogens is 290 g/mol. The number of carbonyl (C=O) groups is 1. The van der Waals surface area contributed by atoms with Gasteiger partial charge in [0.1, 0.15) is 23.4 Å². The Bertz CT molecular complexity index is 771. The van der Waals surface area contributed by atoms with Gasteiger partial charge in [-0.25, -0.2) is 9.97 Å². The van der Waals surface area contributed by atoms with Crippen LogP contribution in [0.25, 0.3) is 0 Å². The van der Waals surface area contributed by atoms with Gasteiger partial charge >= 0.3 is 0 Å². The number of hydrogen-bond acceptors (Lipinski definition) is 5. The molecule has 0 saturated carbocycles. The maximum Gasteiger partial charge on any atom is 0.270 e. The minimum Gasteiger partial charge on any atom is -0.346 e. The maximum absolute atomic E-state index is 12.3. The van der Waals surface area contributed by atoms with Gasteiger partial charge in [0.25, 0.3) is 5.91 Å². The van der Waals surface area contributed by atoms with Crippen molar-refractivity contribution in [1.29, 1.82) is 5.26 Å². The third kappa shape index (κ3) is 4.51. The van der Waals surface area contributed by atoms with E-state index >= 15 is 0 Å². The average Bonchev–Trinajstić information content (AvgIpc) is 2.45. The van der Waals surface area contributed by atoms with Gasteiger partial charge in [-0.1, -0.05) is 12.1 Å². The summed E-state index contributed by atoms with van der Waals surface area (Å²) in [5.41, 5.74) is 1.07. The van der Waals surface area contributed by atoms with E-state index in [2.05, 4.69) is 26.7 Å². The minimum atomic E-state index is -0.350. The number of aromatic nitrogens is 2. The van der Waals surface area contributed by atoms with Crippen LogP contribution < -0.4 is 10.6 Å². The van der Waals surface area contributed by atoms with Crippen LogP contribution in [-0.2, 0) is 0 Å². The first-order valence-electron chi connectivity index (χ1n) is 7.23. The zero-order valence-corrected chi connectivity index (χ0v) is 13.6. The summed E-state index contributed by atoms with van der Waals surface area (Å²) in [6.07, 6.45) is 0. The first-order chi connectivity index (χ1) is 10.8.